The van der Waals surface area contributed by atoms with E-state index in [9.17, 15) is 18.0 Å². The number of halogens is 3. The highest BCUT2D eigenvalue weighted by molar-refractivity contribution is 5.75. The third kappa shape index (κ3) is 4.71. The molecule has 1 unspecified atom stereocenters. The van der Waals surface area contributed by atoms with E-state index >= 15 is 0 Å². The maximum absolute atomic E-state index is 13.2. The van der Waals surface area contributed by atoms with Crippen molar-refractivity contribution < 1.29 is 22.5 Å². The largest absolute Gasteiger partial charge is 0.437 e. The summed E-state index contributed by atoms with van der Waals surface area (Å²) < 4.78 is 46.8. The number of anilines is 1. The highest BCUT2D eigenvalue weighted by atomic mass is 19.4. The average Bonchev–Trinajstić information content (AvgIpc) is 3.43. The van der Waals surface area contributed by atoms with Crippen molar-refractivity contribution in [3.63, 3.8) is 0 Å². The smallest absolute Gasteiger partial charge is 0.382 e. The summed E-state index contributed by atoms with van der Waals surface area (Å²) in [4.78, 5) is 25.5. The second-order valence-corrected chi connectivity index (χ2v) is 9.68. The van der Waals surface area contributed by atoms with E-state index in [2.05, 4.69) is 25.2 Å². The van der Waals surface area contributed by atoms with Crippen LogP contribution in [-0.4, -0.2) is 54.8 Å². The van der Waals surface area contributed by atoms with Gasteiger partial charge in [0.2, 0.25) is 5.91 Å². The Labute approximate surface area is 215 Å². The van der Waals surface area contributed by atoms with E-state index in [0.29, 0.717) is 17.0 Å². The number of benzene rings is 1. The molecule has 0 saturated heterocycles. The van der Waals surface area contributed by atoms with Crippen LogP contribution in [0.15, 0.2) is 47.4 Å². The number of rotatable bonds is 7. The minimum Gasteiger partial charge on any atom is -0.382 e. The molecule has 1 aromatic carbocycles. The lowest BCUT2D eigenvalue weighted by Gasteiger charge is -2.27. The molecular formula is C25H25F3N8O2. The molecule has 13 heteroatoms. The number of nitrogens with zero attached hydrogens (tertiary/aromatic N) is 7. The van der Waals surface area contributed by atoms with Crippen LogP contribution < -0.4 is 5.73 Å². The van der Waals surface area contributed by atoms with Gasteiger partial charge in [-0.25, -0.2) is 9.97 Å². The third-order valence-electron chi connectivity index (χ3n) is 6.81. The first kappa shape index (κ1) is 25.4. The van der Waals surface area contributed by atoms with Gasteiger partial charge >= 0.3 is 6.18 Å². The van der Waals surface area contributed by atoms with E-state index < -0.39 is 23.1 Å². The van der Waals surface area contributed by atoms with Crippen LogP contribution in [0.1, 0.15) is 36.8 Å². The number of nitrogens with two attached hydrogens (primary N) is 1. The number of likely N-dealkylation sites (N-methyl/N-ethyl adjacent to an activating group) is 1. The predicted molar refractivity (Wildman–Crippen MR) is 130 cm³/mol. The van der Waals surface area contributed by atoms with Gasteiger partial charge in [0.1, 0.15) is 6.54 Å². The molecule has 0 aliphatic heterocycles. The zero-order valence-corrected chi connectivity index (χ0v) is 20.9. The first-order valence-electron chi connectivity index (χ1n) is 11.8. The summed E-state index contributed by atoms with van der Waals surface area (Å²) in [5.74, 6) is 0.278. The molecule has 0 spiro atoms. The van der Waals surface area contributed by atoms with Gasteiger partial charge in [0.25, 0.3) is 5.89 Å². The molecule has 1 atom stereocenters. The molecule has 0 radical (unpaired) electrons. The Kier molecular flexibility index (Phi) is 6.16. The fraction of sp³-hybridized carbons (Fsp3) is 0.360. The minimum absolute atomic E-state index is 0.0674. The van der Waals surface area contributed by atoms with Crippen molar-refractivity contribution >= 4 is 11.7 Å². The van der Waals surface area contributed by atoms with Gasteiger partial charge in [-0.3, -0.25) is 9.48 Å². The highest BCUT2D eigenvalue weighted by Gasteiger charge is 2.47. The molecule has 1 aliphatic rings. The Morgan fingerprint density at radius 3 is 2.47 bits per heavy atom. The molecular weight excluding hydrogens is 501 g/mol. The fourth-order valence-electron chi connectivity index (χ4n) is 4.33. The summed E-state index contributed by atoms with van der Waals surface area (Å²) in [7, 11) is 3.34. The monoisotopic (exact) mass is 526 g/mol. The van der Waals surface area contributed by atoms with Crippen LogP contribution in [0.5, 0.6) is 0 Å². The molecule has 3 heterocycles. The highest BCUT2D eigenvalue weighted by Crippen LogP contribution is 2.50. The Bertz CT molecular complexity index is 1470. The van der Waals surface area contributed by atoms with Crippen molar-refractivity contribution in [2.75, 3.05) is 19.8 Å². The van der Waals surface area contributed by atoms with E-state index in [1.165, 1.54) is 15.8 Å². The first-order chi connectivity index (χ1) is 18.0. The minimum atomic E-state index is -4.70. The van der Waals surface area contributed by atoms with E-state index in [-0.39, 0.29) is 30.0 Å². The number of hydrogen-bond donors (Lipinski definition) is 1. The second-order valence-electron chi connectivity index (χ2n) is 9.68. The SMILES string of the molecule is CN(C)C(=O)Cn1cc(-c2nc(C(C)(c3ccc(-c4cnc(N)c(C(F)(F)F)n4)cc3)C3CC3)no2)cn1. The normalized spacial score (nSPS) is 15.3. The van der Waals surface area contributed by atoms with Gasteiger partial charge in [-0.1, -0.05) is 29.4 Å². The van der Waals surface area contributed by atoms with Crippen LogP contribution in [0.3, 0.4) is 0 Å². The fourth-order valence-corrected chi connectivity index (χ4v) is 4.33. The molecule has 1 fully saturated rings. The van der Waals surface area contributed by atoms with E-state index in [4.69, 9.17) is 10.3 Å². The van der Waals surface area contributed by atoms with Crippen LogP contribution in [-0.2, 0) is 22.9 Å². The van der Waals surface area contributed by atoms with E-state index in [0.717, 1.165) is 18.4 Å². The van der Waals surface area contributed by atoms with Crippen LogP contribution in [0.2, 0.25) is 0 Å². The molecule has 4 aromatic rings. The number of hydrogen-bond acceptors (Lipinski definition) is 8. The molecule has 1 aliphatic carbocycles. The predicted octanol–water partition coefficient (Wildman–Crippen LogP) is 3.80. The molecule has 2 N–H and O–H groups in total. The summed E-state index contributed by atoms with van der Waals surface area (Å²) in [6.45, 7) is 2.11. The lowest BCUT2D eigenvalue weighted by atomic mass is 9.77. The summed E-state index contributed by atoms with van der Waals surface area (Å²) in [6.07, 6.45) is 1.71. The first-order valence-corrected chi connectivity index (χ1v) is 11.8. The van der Waals surface area contributed by atoms with Gasteiger partial charge in [0.15, 0.2) is 17.3 Å². The van der Waals surface area contributed by atoms with Crippen molar-refractivity contribution in [3.8, 4) is 22.7 Å². The Morgan fingerprint density at radius 1 is 1.13 bits per heavy atom. The molecule has 198 valence electrons. The van der Waals surface area contributed by atoms with Gasteiger partial charge in [-0.2, -0.15) is 23.3 Å². The average molecular weight is 527 g/mol. The van der Waals surface area contributed by atoms with E-state index in [1.807, 2.05) is 19.1 Å². The second kappa shape index (κ2) is 9.23. The van der Waals surface area contributed by atoms with Crippen LogP contribution >= 0.6 is 0 Å². The maximum Gasteiger partial charge on any atom is 0.437 e. The number of nitrogen functional groups attached to an aromatic ring is 1. The van der Waals surface area contributed by atoms with Gasteiger partial charge in [-0.05, 0) is 31.2 Å². The van der Waals surface area contributed by atoms with Crippen LogP contribution in [0, 0.1) is 5.92 Å². The molecule has 1 amide bonds. The maximum atomic E-state index is 13.2. The molecule has 10 nitrogen and oxygen atoms in total. The Balaban J connectivity index is 1.42. The van der Waals surface area contributed by atoms with Crippen molar-refractivity contribution in [3.05, 3.63) is 59.9 Å². The van der Waals surface area contributed by atoms with Gasteiger partial charge in [0.05, 0.1) is 29.1 Å². The van der Waals surface area contributed by atoms with E-state index in [1.54, 1.807) is 38.6 Å². The Morgan fingerprint density at radius 2 is 1.84 bits per heavy atom. The topological polar surface area (TPSA) is 129 Å². The van der Waals surface area contributed by atoms with Gasteiger partial charge < -0.3 is 15.2 Å². The summed E-state index contributed by atoms with van der Waals surface area (Å²) >= 11 is 0. The number of amides is 1. The summed E-state index contributed by atoms with van der Waals surface area (Å²) in [6, 6.07) is 7.06. The van der Waals surface area contributed by atoms with Crippen LogP contribution in [0.25, 0.3) is 22.7 Å². The van der Waals surface area contributed by atoms with Crippen molar-refractivity contribution in [1.82, 2.24) is 34.8 Å². The van der Waals surface area contributed by atoms with Crippen molar-refractivity contribution in [1.29, 1.82) is 0 Å². The zero-order chi connectivity index (χ0) is 27.2. The molecule has 38 heavy (non-hydrogen) atoms. The van der Waals surface area contributed by atoms with Crippen molar-refractivity contribution in [2.24, 2.45) is 5.92 Å². The molecule has 1 saturated carbocycles. The summed E-state index contributed by atoms with van der Waals surface area (Å²) in [5, 5.41) is 8.48. The lowest BCUT2D eigenvalue weighted by Crippen LogP contribution is -2.28. The molecule has 5 rings (SSSR count). The van der Waals surface area contributed by atoms with Crippen LogP contribution in [0.4, 0.5) is 19.0 Å². The standard InChI is InChI=1S/C25H25F3N8O2/c1-24(17-8-9-17,23-33-22(38-34-23)15-10-31-36(12-15)13-19(37)35(2)3)16-6-4-14(5-7-16)18-11-30-21(29)20(32-18)25(26,27)28/h4-7,10-12,17H,8-9,13H2,1-3H3,(H2,29,30). The zero-order valence-electron chi connectivity index (χ0n) is 20.9. The quantitative estimate of drug-likeness (QED) is 0.385. The number of alkyl halides is 3. The van der Waals surface area contributed by atoms with Crippen molar-refractivity contribution in [2.45, 2.75) is 37.9 Å². The lowest BCUT2D eigenvalue weighted by molar-refractivity contribution is -0.140. The number of carbonyl (C=O) groups is 1. The molecule has 3 aromatic heterocycles. The van der Waals surface area contributed by atoms with Gasteiger partial charge in [-0.15, -0.1) is 0 Å². The van der Waals surface area contributed by atoms with Gasteiger partial charge in [0, 0.05) is 25.9 Å². The third-order valence-corrected chi connectivity index (χ3v) is 6.81. The Hall–Kier alpha value is -4.29. The molecule has 0 bridgehead atoms. The number of aromatic nitrogens is 6. The number of carbonyl (C=O) groups excluding carboxylic acids is 1. The summed E-state index contributed by atoms with van der Waals surface area (Å²) in [5.41, 5.74) is 5.60.